The number of carbonyl (C=O) groups is 3. The molecule has 2 bridgehead atoms. The molecule has 5 fully saturated rings. The van der Waals surface area contributed by atoms with Gasteiger partial charge >= 0.3 is 11.9 Å². The third kappa shape index (κ3) is 1.99. The summed E-state index contributed by atoms with van der Waals surface area (Å²) in [5.74, 6) is 0.734. The number of ketones is 1. The predicted molar refractivity (Wildman–Crippen MR) is 96.5 cm³/mol. The smallest absolute Gasteiger partial charge is 0.310 e. The van der Waals surface area contributed by atoms with Crippen molar-refractivity contribution in [3.05, 3.63) is 0 Å². The maximum atomic E-state index is 13.4. The van der Waals surface area contributed by atoms with Crippen molar-refractivity contribution in [2.75, 3.05) is 0 Å². The van der Waals surface area contributed by atoms with Gasteiger partial charge in [0.1, 0.15) is 17.5 Å². The first kappa shape index (κ1) is 17.7. The van der Waals surface area contributed by atoms with Gasteiger partial charge in [0, 0.05) is 19.3 Å². The van der Waals surface area contributed by atoms with Crippen molar-refractivity contribution in [1.29, 1.82) is 0 Å². The van der Waals surface area contributed by atoms with Crippen LogP contribution in [0.2, 0.25) is 0 Å². The molecule has 27 heavy (non-hydrogen) atoms. The maximum Gasteiger partial charge on any atom is 0.310 e. The Morgan fingerprint density at radius 3 is 2.56 bits per heavy atom. The summed E-state index contributed by atoms with van der Waals surface area (Å²) in [6.45, 7) is 5.84. The second-order valence-electron chi connectivity index (χ2n) is 10.2. The number of esters is 2. The van der Waals surface area contributed by atoms with Gasteiger partial charge in [0.25, 0.3) is 0 Å². The molecule has 1 heterocycles. The molecule has 1 aliphatic heterocycles. The molecule has 0 amide bonds. The number of rotatable bonds is 1. The molecule has 5 nitrogen and oxygen atoms in total. The maximum absolute atomic E-state index is 13.4. The lowest BCUT2D eigenvalue weighted by molar-refractivity contribution is -0.202. The summed E-state index contributed by atoms with van der Waals surface area (Å²) in [6.07, 6.45) is 7.10. The molecule has 5 heteroatoms. The fraction of sp³-hybridized carbons (Fsp3) is 0.864. The summed E-state index contributed by atoms with van der Waals surface area (Å²) in [5.41, 5.74) is -1.10. The normalized spacial score (nSPS) is 53.2. The first-order valence-electron chi connectivity index (χ1n) is 10.7. The van der Waals surface area contributed by atoms with Gasteiger partial charge < -0.3 is 9.47 Å². The van der Waals surface area contributed by atoms with Gasteiger partial charge in [0.05, 0.1) is 11.3 Å². The molecule has 148 valence electrons. The van der Waals surface area contributed by atoms with Crippen LogP contribution in [0.1, 0.15) is 72.1 Å². The van der Waals surface area contributed by atoms with Gasteiger partial charge in [-0.2, -0.15) is 0 Å². The van der Waals surface area contributed by atoms with Crippen LogP contribution in [0.4, 0.5) is 0 Å². The Bertz CT molecular complexity index is 730. The largest absolute Gasteiger partial charge is 0.463 e. The van der Waals surface area contributed by atoms with Crippen LogP contribution < -0.4 is 0 Å². The lowest BCUT2D eigenvalue weighted by Crippen LogP contribution is -2.64. The van der Waals surface area contributed by atoms with Crippen molar-refractivity contribution in [3.63, 3.8) is 0 Å². The monoisotopic (exact) mass is 374 g/mol. The lowest BCUT2D eigenvalue weighted by atomic mass is 9.43. The van der Waals surface area contributed by atoms with E-state index < -0.39 is 11.0 Å². The van der Waals surface area contributed by atoms with Crippen LogP contribution in [0.3, 0.4) is 0 Å². The Labute approximate surface area is 160 Å². The van der Waals surface area contributed by atoms with Crippen LogP contribution in [0.5, 0.6) is 0 Å². The van der Waals surface area contributed by atoms with Crippen molar-refractivity contribution < 1.29 is 23.9 Å². The van der Waals surface area contributed by atoms with E-state index in [-0.39, 0.29) is 41.1 Å². The van der Waals surface area contributed by atoms with E-state index in [1.807, 2.05) is 6.92 Å². The van der Waals surface area contributed by atoms with Crippen LogP contribution in [-0.2, 0) is 23.9 Å². The van der Waals surface area contributed by atoms with E-state index in [1.165, 1.54) is 6.92 Å². The molecule has 8 atom stereocenters. The summed E-state index contributed by atoms with van der Waals surface area (Å²) in [5, 5.41) is 0. The van der Waals surface area contributed by atoms with E-state index >= 15 is 0 Å². The Morgan fingerprint density at radius 1 is 1.07 bits per heavy atom. The highest BCUT2D eigenvalue weighted by atomic mass is 16.6. The molecule has 4 aliphatic carbocycles. The molecule has 0 unspecified atom stereocenters. The van der Waals surface area contributed by atoms with Gasteiger partial charge in [-0.05, 0) is 69.1 Å². The Morgan fingerprint density at radius 2 is 1.85 bits per heavy atom. The van der Waals surface area contributed by atoms with E-state index in [4.69, 9.17) is 9.47 Å². The fourth-order valence-corrected chi connectivity index (χ4v) is 8.08. The van der Waals surface area contributed by atoms with E-state index in [1.54, 1.807) is 0 Å². The topological polar surface area (TPSA) is 69.7 Å². The van der Waals surface area contributed by atoms with Crippen molar-refractivity contribution >= 4 is 17.7 Å². The SMILES string of the molecule is CC(=O)O[C@H]1CC[C@@]2(C)[C@H](CC[C@@H]3[C@@H]2CC(=O)[C@]2(C)[C@@H]4CC[C@]32OC4=O)C1. The number of carbonyl (C=O) groups excluding carboxylic acids is 3. The summed E-state index contributed by atoms with van der Waals surface area (Å²) >= 11 is 0. The Kier molecular flexibility index (Phi) is 3.51. The highest BCUT2D eigenvalue weighted by molar-refractivity contribution is 5.96. The second-order valence-corrected chi connectivity index (χ2v) is 10.2. The minimum atomic E-state index is -0.608. The molecule has 5 rings (SSSR count). The third-order valence-corrected chi connectivity index (χ3v) is 9.51. The average Bonchev–Trinajstić information content (AvgIpc) is 3.02. The minimum absolute atomic E-state index is 0.0139. The third-order valence-electron chi connectivity index (χ3n) is 9.51. The van der Waals surface area contributed by atoms with Crippen molar-refractivity contribution in [1.82, 2.24) is 0 Å². The molecule has 0 aromatic carbocycles. The number of ether oxygens (including phenoxy) is 2. The lowest BCUT2D eigenvalue weighted by Gasteiger charge is -2.61. The molecule has 1 saturated heterocycles. The summed E-state index contributed by atoms with van der Waals surface area (Å²) in [6, 6.07) is 0. The molecule has 0 N–H and O–H groups in total. The highest BCUT2D eigenvalue weighted by Gasteiger charge is 2.78. The summed E-state index contributed by atoms with van der Waals surface area (Å²) < 4.78 is 11.6. The van der Waals surface area contributed by atoms with Crippen LogP contribution >= 0.6 is 0 Å². The van der Waals surface area contributed by atoms with Gasteiger partial charge in [-0.3, -0.25) is 14.4 Å². The van der Waals surface area contributed by atoms with E-state index in [0.29, 0.717) is 18.3 Å². The number of fused-ring (bicyclic) bond motifs is 3. The van der Waals surface area contributed by atoms with E-state index in [2.05, 4.69) is 6.92 Å². The zero-order valence-electron chi connectivity index (χ0n) is 16.6. The fourth-order valence-electron chi connectivity index (χ4n) is 8.08. The zero-order valence-corrected chi connectivity index (χ0v) is 16.6. The van der Waals surface area contributed by atoms with E-state index in [0.717, 1.165) is 44.9 Å². The molecule has 5 aliphatic rings. The molecule has 4 saturated carbocycles. The minimum Gasteiger partial charge on any atom is -0.463 e. The first-order chi connectivity index (χ1) is 12.7. The average molecular weight is 374 g/mol. The highest BCUT2D eigenvalue weighted by Crippen LogP contribution is 2.71. The Hall–Kier alpha value is -1.39. The summed E-state index contributed by atoms with van der Waals surface area (Å²) in [4.78, 5) is 37.3. The first-order valence-corrected chi connectivity index (χ1v) is 10.7. The van der Waals surface area contributed by atoms with Crippen LogP contribution in [0.15, 0.2) is 0 Å². The molecular weight excluding hydrogens is 344 g/mol. The summed E-state index contributed by atoms with van der Waals surface area (Å²) in [7, 11) is 0. The molecule has 0 radical (unpaired) electrons. The van der Waals surface area contributed by atoms with Crippen molar-refractivity contribution in [3.8, 4) is 0 Å². The van der Waals surface area contributed by atoms with Gasteiger partial charge in [0.15, 0.2) is 0 Å². The van der Waals surface area contributed by atoms with Crippen LogP contribution in [0.25, 0.3) is 0 Å². The molecule has 0 spiro atoms. The number of hydrogen-bond acceptors (Lipinski definition) is 5. The van der Waals surface area contributed by atoms with Gasteiger partial charge in [-0.1, -0.05) is 6.92 Å². The predicted octanol–water partition coefficient (Wildman–Crippen LogP) is 3.44. The molecule has 0 aromatic rings. The molecule has 0 aromatic heterocycles. The van der Waals surface area contributed by atoms with Gasteiger partial charge in [-0.15, -0.1) is 0 Å². The molecular formula is C22H30O5. The second kappa shape index (κ2) is 5.36. The van der Waals surface area contributed by atoms with Gasteiger partial charge in [0.2, 0.25) is 0 Å². The standard InChI is InChI=1S/C22H30O5/c1-12(23)26-14-6-8-20(2)13(10-14)4-5-15-17(20)11-18(24)21(3)16-7-9-22(15,21)27-19(16)25/h13-17H,4-11H2,1-3H3/t13-,14+,15-,16-,17+,20+,21+,22+/m1/s1. The quantitative estimate of drug-likeness (QED) is 0.658. The van der Waals surface area contributed by atoms with Crippen LogP contribution in [-0.4, -0.2) is 29.4 Å². The van der Waals surface area contributed by atoms with Crippen molar-refractivity contribution in [2.24, 2.45) is 34.5 Å². The number of hydrogen-bond donors (Lipinski definition) is 0. The van der Waals surface area contributed by atoms with E-state index in [9.17, 15) is 14.4 Å². The van der Waals surface area contributed by atoms with Crippen LogP contribution in [0, 0.1) is 34.5 Å². The Balaban J connectivity index is 1.48. The number of Topliss-reactive ketones (excluding diaryl/α,β-unsaturated/α-hetero) is 1. The van der Waals surface area contributed by atoms with Gasteiger partial charge in [-0.25, -0.2) is 0 Å². The zero-order chi connectivity index (χ0) is 19.2. The van der Waals surface area contributed by atoms with Crippen molar-refractivity contribution in [2.45, 2.75) is 83.8 Å².